The minimum absolute atomic E-state index is 0.0113. The number of rotatable bonds is 5. The molecule has 0 aliphatic heterocycles. The van der Waals surface area contributed by atoms with Crippen molar-refractivity contribution >= 4 is 29.1 Å². The van der Waals surface area contributed by atoms with Gasteiger partial charge in [-0.05, 0) is 24.3 Å². The van der Waals surface area contributed by atoms with Gasteiger partial charge >= 0.3 is 0 Å². The van der Waals surface area contributed by atoms with Gasteiger partial charge in [-0.25, -0.2) is 8.78 Å². The molecule has 0 fully saturated rings. The van der Waals surface area contributed by atoms with Crippen molar-refractivity contribution in [1.29, 1.82) is 0 Å². The molecule has 2 amide bonds. The molecular weight excluding hydrogens is 338 g/mol. The van der Waals surface area contributed by atoms with Gasteiger partial charge in [0, 0.05) is 20.0 Å². The molecule has 0 saturated carbocycles. The summed E-state index contributed by atoms with van der Waals surface area (Å²) in [7, 11) is 0. The first-order chi connectivity index (χ1) is 11.4. The van der Waals surface area contributed by atoms with Gasteiger partial charge in [0.05, 0.1) is 10.6 Å². The van der Waals surface area contributed by atoms with Gasteiger partial charge in [-0.2, -0.15) is 0 Å². The number of hydrogen-bond donors (Lipinski definition) is 1. The van der Waals surface area contributed by atoms with Crippen molar-refractivity contribution in [1.82, 2.24) is 5.32 Å². The lowest BCUT2D eigenvalue weighted by atomic mass is 10.2. The van der Waals surface area contributed by atoms with Crippen LogP contribution in [0.3, 0.4) is 0 Å². The number of amides is 2. The number of carbonyl (C=O) groups excluding carboxylic acids is 2. The first kappa shape index (κ1) is 17.9. The van der Waals surface area contributed by atoms with Gasteiger partial charge in [-0.1, -0.05) is 29.8 Å². The highest BCUT2D eigenvalue weighted by molar-refractivity contribution is 6.33. The zero-order valence-corrected chi connectivity index (χ0v) is 13.6. The van der Waals surface area contributed by atoms with E-state index in [-0.39, 0.29) is 18.7 Å². The zero-order valence-electron chi connectivity index (χ0n) is 12.9. The first-order valence-electron chi connectivity index (χ1n) is 7.16. The predicted molar refractivity (Wildman–Crippen MR) is 88.2 cm³/mol. The fourth-order valence-electron chi connectivity index (χ4n) is 2.20. The van der Waals surface area contributed by atoms with Crippen LogP contribution < -0.4 is 10.2 Å². The molecule has 0 radical (unpaired) electrons. The zero-order chi connectivity index (χ0) is 17.7. The standard InChI is InChI=1S/C17H15ClF2N2O2/c1-11(23)22(16-14(19)7-4-8-15(16)20)10-9-21-17(24)12-5-2-3-6-13(12)18/h2-8H,9-10H2,1H3,(H,21,24). The molecule has 0 heterocycles. The maximum atomic E-state index is 13.8. The fourth-order valence-corrected chi connectivity index (χ4v) is 2.42. The Balaban J connectivity index is 2.07. The Morgan fingerprint density at radius 1 is 1.08 bits per heavy atom. The summed E-state index contributed by atoms with van der Waals surface area (Å²) in [5, 5.41) is 2.86. The molecule has 0 spiro atoms. The lowest BCUT2D eigenvalue weighted by Crippen LogP contribution is -2.38. The molecule has 2 rings (SSSR count). The Morgan fingerprint density at radius 3 is 2.29 bits per heavy atom. The molecule has 0 aliphatic rings. The van der Waals surface area contributed by atoms with Gasteiger partial charge in [0.25, 0.3) is 5.91 Å². The largest absolute Gasteiger partial charge is 0.350 e. The van der Waals surface area contributed by atoms with Gasteiger partial charge in [0.2, 0.25) is 5.91 Å². The van der Waals surface area contributed by atoms with Gasteiger partial charge < -0.3 is 10.2 Å². The summed E-state index contributed by atoms with van der Waals surface area (Å²) < 4.78 is 27.7. The van der Waals surface area contributed by atoms with Gasteiger partial charge in [0.1, 0.15) is 17.3 Å². The minimum atomic E-state index is -0.845. The van der Waals surface area contributed by atoms with Crippen molar-refractivity contribution in [2.45, 2.75) is 6.92 Å². The average Bonchev–Trinajstić information content (AvgIpc) is 2.53. The van der Waals surface area contributed by atoms with E-state index in [0.29, 0.717) is 5.02 Å². The predicted octanol–water partition coefficient (Wildman–Crippen LogP) is 3.40. The quantitative estimate of drug-likeness (QED) is 0.896. The van der Waals surface area contributed by atoms with Crippen LogP contribution in [-0.4, -0.2) is 24.9 Å². The summed E-state index contributed by atoms with van der Waals surface area (Å²) in [4.78, 5) is 24.7. The van der Waals surface area contributed by atoms with Crippen LogP contribution >= 0.6 is 11.6 Å². The lowest BCUT2D eigenvalue weighted by Gasteiger charge is -2.22. The van der Waals surface area contributed by atoms with E-state index in [0.717, 1.165) is 17.0 Å². The van der Waals surface area contributed by atoms with E-state index in [1.165, 1.54) is 13.0 Å². The van der Waals surface area contributed by atoms with Crippen molar-refractivity contribution in [3.63, 3.8) is 0 Å². The maximum absolute atomic E-state index is 13.8. The van der Waals surface area contributed by atoms with Gasteiger partial charge in [-0.3, -0.25) is 9.59 Å². The molecule has 0 atom stereocenters. The molecule has 0 aromatic heterocycles. The second-order valence-corrected chi connectivity index (χ2v) is 5.38. The number of nitrogens with one attached hydrogen (secondary N) is 1. The van der Waals surface area contributed by atoms with Crippen LogP contribution in [0.4, 0.5) is 14.5 Å². The smallest absolute Gasteiger partial charge is 0.252 e. The Hall–Kier alpha value is -2.47. The van der Waals surface area contributed by atoms with Crippen molar-refractivity contribution < 1.29 is 18.4 Å². The van der Waals surface area contributed by atoms with Crippen LogP contribution in [0.5, 0.6) is 0 Å². The highest BCUT2D eigenvalue weighted by Crippen LogP contribution is 2.23. The first-order valence-corrected chi connectivity index (χ1v) is 7.54. The summed E-state index contributed by atoms with van der Waals surface area (Å²) in [6.07, 6.45) is 0. The van der Waals surface area contributed by atoms with Crippen molar-refractivity contribution in [3.8, 4) is 0 Å². The van der Waals surface area contributed by atoms with E-state index >= 15 is 0 Å². The third-order valence-electron chi connectivity index (χ3n) is 3.33. The van der Waals surface area contributed by atoms with Gasteiger partial charge in [-0.15, -0.1) is 0 Å². The molecule has 0 aliphatic carbocycles. The SMILES string of the molecule is CC(=O)N(CCNC(=O)c1ccccc1Cl)c1c(F)cccc1F. The lowest BCUT2D eigenvalue weighted by molar-refractivity contribution is -0.116. The number of carbonyl (C=O) groups is 2. The third-order valence-corrected chi connectivity index (χ3v) is 3.66. The number of benzene rings is 2. The molecule has 24 heavy (non-hydrogen) atoms. The Bertz CT molecular complexity index is 748. The Morgan fingerprint density at radius 2 is 1.71 bits per heavy atom. The average molecular weight is 353 g/mol. The third kappa shape index (κ3) is 4.08. The van der Waals surface area contributed by atoms with E-state index < -0.39 is 29.1 Å². The van der Waals surface area contributed by atoms with E-state index in [2.05, 4.69) is 5.32 Å². The Kier molecular flexibility index (Phi) is 5.87. The van der Waals surface area contributed by atoms with Crippen molar-refractivity contribution in [3.05, 3.63) is 64.7 Å². The highest BCUT2D eigenvalue weighted by Gasteiger charge is 2.20. The van der Waals surface area contributed by atoms with E-state index in [9.17, 15) is 18.4 Å². The summed E-state index contributed by atoms with van der Waals surface area (Å²) >= 11 is 5.92. The van der Waals surface area contributed by atoms with Crippen LogP contribution in [0.25, 0.3) is 0 Å². The summed E-state index contributed by atoms with van der Waals surface area (Å²) in [6.45, 7) is 1.13. The summed E-state index contributed by atoms with van der Waals surface area (Å²) in [5.41, 5.74) is -0.150. The van der Waals surface area contributed by atoms with Crippen LogP contribution in [0.2, 0.25) is 5.02 Å². The molecule has 1 N–H and O–H groups in total. The molecular formula is C17H15ClF2N2O2. The molecule has 2 aromatic carbocycles. The van der Waals surface area contributed by atoms with E-state index in [4.69, 9.17) is 11.6 Å². The summed E-state index contributed by atoms with van der Waals surface area (Å²) in [6, 6.07) is 9.83. The van der Waals surface area contributed by atoms with E-state index in [1.54, 1.807) is 24.3 Å². The van der Waals surface area contributed by atoms with Crippen LogP contribution in [0.1, 0.15) is 17.3 Å². The molecule has 0 bridgehead atoms. The second-order valence-electron chi connectivity index (χ2n) is 4.98. The minimum Gasteiger partial charge on any atom is -0.350 e. The van der Waals surface area contributed by atoms with Gasteiger partial charge in [0.15, 0.2) is 0 Å². The number of hydrogen-bond acceptors (Lipinski definition) is 2. The maximum Gasteiger partial charge on any atom is 0.252 e. The number of nitrogens with zero attached hydrogens (tertiary/aromatic N) is 1. The van der Waals surface area contributed by atoms with Crippen LogP contribution in [0, 0.1) is 11.6 Å². The Labute approximate surface area is 143 Å². The molecule has 4 nitrogen and oxygen atoms in total. The molecule has 0 saturated heterocycles. The summed E-state index contributed by atoms with van der Waals surface area (Å²) in [5.74, 6) is -2.66. The monoisotopic (exact) mass is 352 g/mol. The second kappa shape index (κ2) is 7.88. The fraction of sp³-hybridized carbons (Fsp3) is 0.176. The highest BCUT2D eigenvalue weighted by atomic mass is 35.5. The number of halogens is 3. The molecule has 126 valence electrons. The molecule has 0 unspecified atom stereocenters. The topological polar surface area (TPSA) is 49.4 Å². The van der Waals surface area contributed by atoms with Crippen molar-refractivity contribution in [2.24, 2.45) is 0 Å². The number of para-hydroxylation sites is 1. The van der Waals surface area contributed by atoms with E-state index in [1.807, 2.05) is 0 Å². The van der Waals surface area contributed by atoms with Crippen LogP contribution in [-0.2, 0) is 4.79 Å². The van der Waals surface area contributed by atoms with Crippen molar-refractivity contribution in [2.75, 3.05) is 18.0 Å². The normalized spacial score (nSPS) is 10.3. The molecule has 7 heteroatoms. The van der Waals surface area contributed by atoms with Crippen LogP contribution in [0.15, 0.2) is 42.5 Å². The number of anilines is 1. The molecule has 2 aromatic rings.